The fraction of sp³-hybridized carbons (Fsp3) is 0. The Balaban J connectivity index is 1.17. The first kappa shape index (κ1) is 28.3. The highest BCUT2D eigenvalue weighted by atomic mass is 16.3. The Morgan fingerprint density at radius 1 is 0.260 bits per heavy atom. The number of nitrogens with zero attached hydrogens (tertiary/aromatic N) is 2. The summed E-state index contributed by atoms with van der Waals surface area (Å²) in [7, 11) is 0. The molecule has 10 aromatic rings. The smallest absolute Gasteiger partial charge is 0.137 e. The molecule has 0 radical (unpaired) electrons. The van der Waals surface area contributed by atoms with E-state index in [0.717, 1.165) is 83.4 Å². The van der Waals surface area contributed by atoms with E-state index in [1.807, 2.05) is 24.3 Å². The van der Waals surface area contributed by atoms with E-state index in [1.165, 1.54) is 5.39 Å². The maximum atomic E-state index is 6.38. The number of benzene rings is 8. The minimum absolute atomic E-state index is 0.855. The lowest BCUT2D eigenvalue weighted by Gasteiger charge is -2.27. The van der Waals surface area contributed by atoms with Gasteiger partial charge in [-0.05, 0) is 102 Å². The quantitative estimate of drug-likeness (QED) is 0.181. The van der Waals surface area contributed by atoms with E-state index < -0.39 is 0 Å². The van der Waals surface area contributed by atoms with Crippen molar-refractivity contribution in [2.75, 3.05) is 9.80 Å². The minimum Gasteiger partial charge on any atom is -0.456 e. The maximum Gasteiger partial charge on any atom is 0.137 e. The van der Waals surface area contributed by atoms with Crippen LogP contribution < -0.4 is 9.80 Å². The number of anilines is 6. The van der Waals surface area contributed by atoms with Crippen molar-refractivity contribution in [1.82, 2.24) is 0 Å². The van der Waals surface area contributed by atoms with E-state index in [0.29, 0.717) is 0 Å². The summed E-state index contributed by atoms with van der Waals surface area (Å²) in [6.45, 7) is 0. The predicted molar refractivity (Wildman–Crippen MR) is 208 cm³/mol. The zero-order valence-corrected chi connectivity index (χ0v) is 27.0. The molecule has 10 rings (SSSR count). The molecule has 0 aliphatic rings. The van der Waals surface area contributed by atoms with E-state index in [-0.39, 0.29) is 0 Å². The molecule has 8 aromatic carbocycles. The molecule has 2 aromatic heterocycles. The summed E-state index contributed by atoms with van der Waals surface area (Å²) in [5.41, 5.74) is 9.88. The van der Waals surface area contributed by atoms with Crippen LogP contribution in [0.2, 0.25) is 0 Å². The van der Waals surface area contributed by atoms with Crippen molar-refractivity contribution >= 4 is 88.8 Å². The summed E-state index contributed by atoms with van der Waals surface area (Å²) in [5.74, 6) is 0. The van der Waals surface area contributed by atoms with Gasteiger partial charge in [0.05, 0.1) is 0 Å². The third-order valence-corrected chi connectivity index (χ3v) is 9.59. The van der Waals surface area contributed by atoms with E-state index in [2.05, 4.69) is 168 Å². The summed E-state index contributed by atoms with van der Waals surface area (Å²) < 4.78 is 12.6. The zero-order chi connectivity index (χ0) is 33.0. The molecule has 0 fully saturated rings. The SMILES string of the molecule is c1ccc(N(c2ccccc2)c2ccc3ccc(N(c4ccc5c(c4)oc4ccccc45)c4ccc5oc6ccccc6c5c4)cc3c2)cc1. The van der Waals surface area contributed by atoms with Gasteiger partial charge < -0.3 is 18.6 Å². The lowest BCUT2D eigenvalue weighted by molar-refractivity contribution is 0.668. The normalized spacial score (nSPS) is 11.6. The first-order chi connectivity index (χ1) is 24.8. The molecule has 2 heterocycles. The average Bonchev–Trinajstić information content (AvgIpc) is 3.74. The summed E-state index contributed by atoms with van der Waals surface area (Å²) in [6, 6.07) is 63.9. The van der Waals surface area contributed by atoms with Gasteiger partial charge in [0.2, 0.25) is 0 Å². The number of rotatable bonds is 6. The molecule has 0 aliphatic carbocycles. The van der Waals surface area contributed by atoms with Crippen LogP contribution in [0.5, 0.6) is 0 Å². The van der Waals surface area contributed by atoms with E-state index in [9.17, 15) is 0 Å². The Morgan fingerprint density at radius 3 is 1.36 bits per heavy atom. The van der Waals surface area contributed by atoms with Crippen molar-refractivity contribution < 1.29 is 8.83 Å². The molecular formula is C46H30N2O2. The topological polar surface area (TPSA) is 32.8 Å². The summed E-state index contributed by atoms with van der Waals surface area (Å²) in [4.78, 5) is 4.61. The maximum absolute atomic E-state index is 6.38. The van der Waals surface area contributed by atoms with Gasteiger partial charge in [-0.15, -0.1) is 0 Å². The van der Waals surface area contributed by atoms with Gasteiger partial charge >= 0.3 is 0 Å². The Bertz CT molecular complexity index is 2800. The first-order valence-electron chi connectivity index (χ1n) is 16.8. The number of furan rings is 2. The molecule has 4 nitrogen and oxygen atoms in total. The summed E-state index contributed by atoms with van der Waals surface area (Å²) in [5, 5.41) is 6.71. The Labute approximate surface area is 288 Å². The number of para-hydroxylation sites is 4. The fourth-order valence-corrected chi connectivity index (χ4v) is 7.26. The van der Waals surface area contributed by atoms with E-state index in [1.54, 1.807) is 0 Å². The number of fused-ring (bicyclic) bond motifs is 7. The average molecular weight is 643 g/mol. The van der Waals surface area contributed by atoms with Gasteiger partial charge in [0.1, 0.15) is 22.3 Å². The lowest BCUT2D eigenvalue weighted by Crippen LogP contribution is -2.10. The van der Waals surface area contributed by atoms with Gasteiger partial charge in [0, 0.05) is 61.7 Å². The molecular weight excluding hydrogens is 613 g/mol. The first-order valence-corrected chi connectivity index (χ1v) is 16.8. The zero-order valence-electron chi connectivity index (χ0n) is 27.0. The molecule has 0 saturated heterocycles. The minimum atomic E-state index is 0.855. The lowest BCUT2D eigenvalue weighted by atomic mass is 10.1. The Kier molecular flexibility index (Phi) is 6.46. The van der Waals surface area contributed by atoms with Crippen LogP contribution in [0.3, 0.4) is 0 Å². The largest absolute Gasteiger partial charge is 0.456 e. The monoisotopic (exact) mass is 642 g/mol. The van der Waals surface area contributed by atoms with Crippen LogP contribution in [0.25, 0.3) is 54.6 Å². The van der Waals surface area contributed by atoms with E-state index in [4.69, 9.17) is 8.83 Å². The van der Waals surface area contributed by atoms with E-state index >= 15 is 0 Å². The standard InChI is InChI=1S/C46H30N2O2/c1-3-11-33(12-4-1)47(34-13-5-2-6-14-34)35-21-19-31-20-22-36(28-32(31)27-35)48(37-24-26-45-42(29-37)40-16-8-10-18-44(40)49-45)38-23-25-41-39-15-7-9-17-43(39)50-46(41)30-38/h1-30H. The third kappa shape index (κ3) is 4.69. The molecule has 0 unspecified atom stereocenters. The third-order valence-electron chi connectivity index (χ3n) is 9.59. The molecule has 4 heteroatoms. The van der Waals surface area contributed by atoms with Crippen molar-refractivity contribution in [1.29, 1.82) is 0 Å². The summed E-state index contributed by atoms with van der Waals surface area (Å²) >= 11 is 0. The van der Waals surface area contributed by atoms with Gasteiger partial charge in [-0.3, -0.25) is 0 Å². The van der Waals surface area contributed by atoms with Gasteiger partial charge in [-0.25, -0.2) is 0 Å². The highest BCUT2D eigenvalue weighted by molar-refractivity contribution is 6.08. The Hall–Kier alpha value is -6.78. The second kappa shape index (κ2) is 11.4. The van der Waals surface area contributed by atoms with Crippen molar-refractivity contribution in [2.24, 2.45) is 0 Å². The fourth-order valence-electron chi connectivity index (χ4n) is 7.26. The highest BCUT2D eigenvalue weighted by Gasteiger charge is 2.19. The van der Waals surface area contributed by atoms with Crippen LogP contribution in [0.4, 0.5) is 34.1 Å². The highest BCUT2D eigenvalue weighted by Crippen LogP contribution is 2.43. The molecule has 0 saturated carbocycles. The molecule has 0 N–H and O–H groups in total. The van der Waals surface area contributed by atoms with Crippen LogP contribution in [0, 0.1) is 0 Å². The molecule has 0 bridgehead atoms. The van der Waals surface area contributed by atoms with Gasteiger partial charge in [-0.2, -0.15) is 0 Å². The predicted octanol–water partition coefficient (Wildman–Crippen LogP) is 13.6. The molecule has 0 aliphatic heterocycles. The van der Waals surface area contributed by atoms with Gasteiger partial charge in [-0.1, -0.05) is 84.9 Å². The van der Waals surface area contributed by atoms with Crippen LogP contribution in [0.15, 0.2) is 191 Å². The van der Waals surface area contributed by atoms with Crippen LogP contribution in [-0.2, 0) is 0 Å². The second-order valence-electron chi connectivity index (χ2n) is 12.6. The van der Waals surface area contributed by atoms with Crippen molar-refractivity contribution in [3.8, 4) is 0 Å². The van der Waals surface area contributed by atoms with Crippen LogP contribution >= 0.6 is 0 Å². The van der Waals surface area contributed by atoms with Crippen LogP contribution in [0.1, 0.15) is 0 Å². The Morgan fingerprint density at radius 2 is 0.700 bits per heavy atom. The molecule has 236 valence electrons. The molecule has 0 amide bonds. The molecule has 0 atom stereocenters. The van der Waals surface area contributed by atoms with Crippen molar-refractivity contribution in [2.45, 2.75) is 0 Å². The number of hydrogen-bond acceptors (Lipinski definition) is 4. The van der Waals surface area contributed by atoms with Crippen LogP contribution in [-0.4, -0.2) is 0 Å². The van der Waals surface area contributed by atoms with Gasteiger partial charge in [0.15, 0.2) is 0 Å². The van der Waals surface area contributed by atoms with Crippen molar-refractivity contribution in [3.63, 3.8) is 0 Å². The molecule has 0 spiro atoms. The van der Waals surface area contributed by atoms with Crippen molar-refractivity contribution in [3.05, 3.63) is 182 Å². The molecule has 50 heavy (non-hydrogen) atoms. The second-order valence-corrected chi connectivity index (χ2v) is 12.6. The summed E-state index contributed by atoms with van der Waals surface area (Å²) in [6.07, 6.45) is 0. The number of hydrogen-bond donors (Lipinski definition) is 0. The van der Waals surface area contributed by atoms with Gasteiger partial charge in [0.25, 0.3) is 0 Å².